The zero-order chi connectivity index (χ0) is 35.5. The van der Waals surface area contributed by atoms with Gasteiger partial charge in [0.15, 0.2) is 0 Å². The molecule has 0 saturated heterocycles. The van der Waals surface area contributed by atoms with E-state index in [1.807, 2.05) is 106 Å². The Morgan fingerprint density at radius 3 is 1.90 bits per heavy atom. The van der Waals surface area contributed by atoms with E-state index < -0.39 is 28.5 Å². The number of aryl methyl sites for hydroxylation is 1. The molecule has 0 heterocycles. The SMILES string of the molecule is Cc1ccccc1CN(C(=O)CN(c1ccc(Oc2ccccc2)cc1)S(=O)(=O)c1ccccc1)C(Cc1ccccc1)C(=O)NCC(C)C. The van der Waals surface area contributed by atoms with Crippen molar-refractivity contribution in [3.8, 4) is 11.5 Å². The Bertz CT molecular complexity index is 1950. The zero-order valence-corrected chi connectivity index (χ0v) is 29.4. The number of rotatable bonds is 15. The number of nitrogens with zero attached hydrogens (tertiary/aromatic N) is 2. The minimum absolute atomic E-state index is 0.0402. The van der Waals surface area contributed by atoms with E-state index >= 15 is 0 Å². The molecule has 9 heteroatoms. The maximum atomic E-state index is 14.7. The number of amides is 2. The van der Waals surface area contributed by atoms with Gasteiger partial charge in [-0.05, 0) is 78.1 Å². The van der Waals surface area contributed by atoms with E-state index in [1.54, 1.807) is 42.5 Å². The predicted octanol–water partition coefficient (Wildman–Crippen LogP) is 7.39. The van der Waals surface area contributed by atoms with Crippen molar-refractivity contribution in [3.63, 3.8) is 0 Å². The fourth-order valence-corrected chi connectivity index (χ4v) is 6.94. The number of hydrogen-bond acceptors (Lipinski definition) is 5. The third-order valence-corrected chi connectivity index (χ3v) is 10.1. The highest BCUT2D eigenvalue weighted by Crippen LogP contribution is 2.29. The van der Waals surface area contributed by atoms with E-state index in [1.165, 1.54) is 17.0 Å². The summed E-state index contributed by atoms with van der Waals surface area (Å²) in [5, 5.41) is 3.03. The van der Waals surface area contributed by atoms with Gasteiger partial charge in [-0.25, -0.2) is 8.42 Å². The average molecular weight is 690 g/mol. The van der Waals surface area contributed by atoms with Gasteiger partial charge in [0.05, 0.1) is 10.6 Å². The summed E-state index contributed by atoms with van der Waals surface area (Å²) in [4.78, 5) is 30.3. The number of ether oxygens (including phenoxy) is 1. The minimum atomic E-state index is -4.22. The smallest absolute Gasteiger partial charge is 0.264 e. The molecule has 258 valence electrons. The third kappa shape index (κ3) is 9.39. The van der Waals surface area contributed by atoms with Gasteiger partial charge in [0.25, 0.3) is 10.0 Å². The molecule has 0 spiro atoms. The summed E-state index contributed by atoms with van der Waals surface area (Å²) in [5.41, 5.74) is 2.97. The second-order valence-electron chi connectivity index (χ2n) is 12.5. The van der Waals surface area contributed by atoms with Crippen molar-refractivity contribution in [2.24, 2.45) is 5.92 Å². The maximum Gasteiger partial charge on any atom is 0.264 e. The van der Waals surface area contributed by atoms with Gasteiger partial charge in [0.1, 0.15) is 24.1 Å². The lowest BCUT2D eigenvalue weighted by molar-refractivity contribution is -0.140. The molecule has 1 unspecified atom stereocenters. The molecule has 0 aliphatic rings. The molecule has 1 atom stereocenters. The van der Waals surface area contributed by atoms with E-state index in [2.05, 4.69) is 5.32 Å². The van der Waals surface area contributed by atoms with E-state index in [4.69, 9.17) is 4.74 Å². The lowest BCUT2D eigenvalue weighted by Gasteiger charge is -2.34. The lowest BCUT2D eigenvalue weighted by atomic mass is 10.0. The number of nitrogens with one attached hydrogen (secondary N) is 1. The molecule has 0 fully saturated rings. The molecule has 0 aliphatic heterocycles. The van der Waals surface area contributed by atoms with Crippen LogP contribution in [0.5, 0.6) is 11.5 Å². The van der Waals surface area contributed by atoms with E-state index in [0.717, 1.165) is 21.0 Å². The summed E-state index contributed by atoms with van der Waals surface area (Å²) < 4.78 is 35.6. The monoisotopic (exact) mass is 689 g/mol. The number of sulfonamides is 1. The first kappa shape index (κ1) is 35.9. The summed E-state index contributed by atoms with van der Waals surface area (Å²) in [5.74, 6) is 0.519. The van der Waals surface area contributed by atoms with Crippen LogP contribution in [0.4, 0.5) is 5.69 Å². The Labute approximate surface area is 295 Å². The van der Waals surface area contributed by atoms with Crippen molar-refractivity contribution in [3.05, 3.63) is 156 Å². The number of anilines is 1. The second-order valence-corrected chi connectivity index (χ2v) is 14.4. The Hall–Kier alpha value is -5.41. The van der Waals surface area contributed by atoms with Gasteiger partial charge >= 0.3 is 0 Å². The zero-order valence-electron chi connectivity index (χ0n) is 28.6. The Kier molecular flexibility index (Phi) is 12.1. The molecule has 5 rings (SSSR count). The van der Waals surface area contributed by atoms with E-state index in [0.29, 0.717) is 18.0 Å². The lowest BCUT2D eigenvalue weighted by Crippen LogP contribution is -2.53. The highest BCUT2D eigenvalue weighted by molar-refractivity contribution is 7.92. The van der Waals surface area contributed by atoms with Crippen LogP contribution in [0.1, 0.15) is 30.5 Å². The average Bonchev–Trinajstić information content (AvgIpc) is 3.13. The van der Waals surface area contributed by atoms with Crippen molar-refractivity contribution in [2.75, 3.05) is 17.4 Å². The molecule has 50 heavy (non-hydrogen) atoms. The molecule has 0 bridgehead atoms. The van der Waals surface area contributed by atoms with Crippen molar-refractivity contribution in [1.29, 1.82) is 0 Å². The van der Waals surface area contributed by atoms with Crippen LogP contribution < -0.4 is 14.4 Å². The molecule has 0 saturated carbocycles. The summed E-state index contributed by atoms with van der Waals surface area (Å²) in [7, 11) is -4.22. The highest BCUT2D eigenvalue weighted by Gasteiger charge is 2.35. The number of carbonyl (C=O) groups excluding carboxylic acids is 2. The first-order valence-corrected chi connectivity index (χ1v) is 18.1. The van der Waals surface area contributed by atoms with Gasteiger partial charge in [0.2, 0.25) is 11.8 Å². The maximum absolute atomic E-state index is 14.7. The number of para-hydroxylation sites is 1. The van der Waals surface area contributed by atoms with Gasteiger partial charge < -0.3 is 15.0 Å². The number of hydrogen-bond donors (Lipinski definition) is 1. The van der Waals surface area contributed by atoms with Crippen LogP contribution in [0.15, 0.2) is 144 Å². The normalized spacial score (nSPS) is 11.8. The Morgan fingerprint density at radius 1 is 0.720 bits per heavy atom. The fourth-order valence-electron chi connectivity index (χ4n) is 5.50. The first-order chi connectivity index (χ1) is 24.1. The minimum Gasteiger partial charge on any atom is -0.457 e. The first-order valence-electron chi connectivity index (χ1n) is 16.7. The highest BCUT2D eigenvalue weighted by atomic mass is 32.2. The molecule has 0 aromatic heterocycles. The molecule has 5 aromatic carbocycles. The van der Waals surface area contributed by atoms with Gasteiger partial charge in [-0.1, -0.05) is 105 Å². The van der Waals surface area contributed by atoms with Crippen LogP contribution in [-0.2, 0) is 32.6 Å². The molecule has 0 radical (unpaired) electrons. The third-order valence-electron chi connectivity index (χ3n) is 8.27. The van der Waals surface area contributed by atoms with Gasteiger partial charge in [0, 0.05) is 19.5 Å². The molecule has 0 aliphatic carbocycles. The van der Waals surface area contributed by atoms with Crippen LogP contribution in [-0.4, -0.2) is 44.3 Å². The molecule has 1 N–H and O–H groups in total. The van der Waals surface area contributed by atoms with Crippen molar-refractivity contribution < 1.29 is 22.7 Å². The van der Waals surface area contributed by atoms with Gasteiger partial charge in [-0.3, -0.25) is 13.9 Å². The summed E-state index contributed by atoms with van der Waals surface area (Å²) >= 11 is 0. The molecular formula is C41H43N3O5S. The Balaban J connectivity index is 1.55. The van der Waals surface area contributed by atoms with Crippen LogP contribution in [0.2, 0.25) is 0 Å². The van der Waals surface area contributed by atoms with Crippen molar-refractivity contribution in [2.45, 2.75) is 44.7 Å². The van der Waals surface area contributed by atoms with Crippen LogP contribution in [0, 0.1) is 12.8 Å². The summed E-state index contributed by atoms with van der Waals surface area (Å²) in [6.45, 7) is 5.97. The quantitative estimate of drug-likeness (QED) is 0.124. The number of carbonyl (C=O) groups is 2. The fraction of sp³-hybridized carbons (Fsp3) is 0.220. The Morgan fingerprint density at radius 2 is 1.28 bits per heavy atom. The molecular weight excluding hydrogens is 647 g/mol. The van der Waals surface area contributed by atoms with E-state index in [9.17, 15) is 18.0 Å². The van der Waals surface area contributed by atoms with E-state index in [-0.39, 0.29) is 35.4 Å². The number of benzene rings is 5. The molecule has 2 amide bonds. The predicted molar refractivity (Wildman–Crippen MR) is 197 cm³/mol. The molecule has 8 nitrogen and oxygen atoms in total. The largest absolute Gasteiger partial charge is 0.457 e. The summed E-state index contributed by atoms with van der Waals surface area (Å²) in [6, 6.07) is 40.2. The molecule has 5 aromatic rings. The van der Waals surface area contributed by atoms with Crippen LogP contribution >= 0.6 is 0 Å². The van der Waals surface area contributed by atoms with Crippen molar-refractivity contribution >= 4 is 27.5 Å². The second kappa shape index (κ2) is 16.8. The standard InChI is InChI=1S/C41H43N3O5S/c1-31(2)28-42-41(46)39(27-33-16-7-4-8-17-33)43(29-34-18-14-13-15-32(34)3)40(45)30-44(50(47,48)38-21-11-6-12-22-38)35-23-25-37(26-24-35)49-36-19-9-5-10-20-36/h4-26,31,39H,27-30H2,1-3H3,(H,42,46). The van der Waals surface area contributed by atoms with Crippen molar-refractivity contribution in [1.82, 2.24) is 10.2 Å². The van der Waals surface area contributed by atoms with Crippen LogP contribution in [0.25, 0.3) is 0 Å². The topological polar surface area (TPSA) is 96.0 Å². The summed E-state index contributed by atoms with van der Waals surface area (Å²) in [6.07, 6.45) is 0.249. The van der Waals surface area contributed by atoms with Gasteiger partial charge in [-0.15, -0.1) is 0 Å². The van der Waals surface area contributed by atoms with Gasteiger partial charge in [-0.2, -0.15) is 0 Å². The van der Waals surface area contributed by atoms with Crippen LogP contribution in [0.3, 0.4) is 0 Å².